The van der Waals surface area contributed by atoms with Crippen LogP contribution in [0.5, 0.6) is 5.75 Å². The highest BCUT2D eigenvalue weighted by molar-refractivity contribution is 7.47. The number of aliphatic hydroxyl groups is 2. The molecule has 5 N–H and O–H groups in total. The molecule has 308 valence electrons. The number of ether oxygens (including phenoxy) is 3. The standard InChI is InChI=1S/C41H60N5O9P/c1-2-3-4-5-6-7-8-9-10-11-12-13-14-15-16-19-26-51-28-33(54-36-21-18-17-20-32(36)27-42)29-52-56(49,50)53-30-37-39(47)40(48)41(31-43,55-37)38-23-22-35-34(44)24-25-45-46(35)38/h17-18,20-25,33,37,39-40,47-48H,2-16,19,26,28-30,44H2,1H3,(H,49,50)/t33-,37-,39-,40-,41+/m1/s1. The third-order valence-electron chi connectivity index (χ3n) is 10.2. The maximum absolute atomic E-state index is 13.0. The zero-order valence-corrected chi connectivity index (χ0v) is 33.6. The lowest BCUT2D eigenvalue weighted by Gasteiger charge is -2.24. The number of hydrogen-bond donors (Lipinski definition) is 4. The molecule has 1 fully saturated rings. The van der Waals surface area contributed by atoms with Crippen molar-refractivity contribution in [1.82, 2.24) is 9.61 Å². The van der Waals surface area contributed by atoms with Crippen molar-refractivity contribution in [2.45, 2.75) is 140 Å². The second kappa shape index (κ2) is 23.6. The zero-order chi connectivity index (χ0) is 40.2. The molecule has 1 aliphatic rings. The van der Waals surface area contributed by atoms with Gasteiger partial charge in [0.1, 0.15) is 42.3 Å². The lowest BCUT2D eigenvalue weighted by atomic mass is 9.92. The summed E-state index contributed by atoms with van der Waals surface area (Å²) in [7, 11) is -4.79. The molecule has 0 saturated carbocycles. The predicted octanol–water partition coefficient (Wildman–Crippen LogP) is 7.49. The fourth-order valence-electron chi connectivity index (χ4n) is 6.94. The van der Waals surface area contributed by atoms with Crippen molar-refractivity contribution in [2.24, 2.45) is 0 Å². The summed E-state index contributed by atoms with van der Waals surface area (Å²) in [5.41, 5.74) is 5.14. The van der Waals surface area contributed by atoms with Crippen LogP contribution in [0.3, 0.4) is 0 Å². The highest BCUT2D eigenvalue weighted by Crippen LogP contribution is 2.46. The van der Waals surface area contributed by atoms with Gasteiger partial charge in [0.05, 0.1) is 42.3 Å². The van der Waals surface area contributed by atoms with Crippen LogP contribution in [-0.2, 0) is 28.7 Å². The van der Waals surface area contributed by atoms with Crippen molar-refractivity contribution in [2.75, 3.05) is 32.2 Å². The van der Waals surface area contributed by atoms with Gasteiger partial charge in [0, 0.05) is 12.8 Å². The minimum Gasteiger partial charge on any atom is -0.484 e. The number of para-hydroxylation sites is 1. The second-order valence-electron chi connectivity index (χ2n) is 14.5. The number of nitrogens with zero attached hydrogens (tertiary/aromatic N) is 4. The molecule has 1 aromatic carbocycles. The SMILES string of the molecule is CCCCCCCCCCCCCCCCCCOC[C@H](COP(=O)(O)OC[C@H]1O[C@@](C#N)(c2ccc3c(N)ccnn23)[C@H](O)[C@@H]1O)Oc1ccccc1C#N. The molecular weight excluding hydrogens is 737 g/mol. The molecule has 2 aromatic heterocycles. The van der Waals surface area contributed by atoms with Crippen molar-refractivity contribution < 1.29 is 42.9 Å². The first-order chi connectivity index (χ1) is 27.2. The molecule has 14 nitrogen and oxygen atoms in total. The van der Waals surface area contributed by atoms with E-state index >= 15 is 0 Å². The summed E-state index contributed by atoms with van der Waals surface area (Å²) in [5, 5.41) is 45.7. The Labute approximate surface area is 331 Å². The van der Waals surface area contributed by atoms with Gasteiger partial charge in [0.2, 0.25) is 5.60 Å². The molecule has 1 unspecified atom stereocenters. The number of fused-ring (bicyclic) bond motifs is 1. The predicted molar refractivity (Wildman–Crippen MR) is 211 cm³/mol. The van der Waals surface area contributed by atoms with Gasteiger partial charge in [0.25, 0.3) is 0 Å². The summed E-state index contributed by atoms with van der Waals surface area (Å²) in [6, 6.07) is 15.3. The molecule has 0 amide bonds. The first-order valence-corrected chi connectivity index (χ1v) is 21.7. The van der Waals surface area contributed by atoms with E-state index < -0.39 is 51.1 Å². The van der Waals surface area contributed by atoms with E-state index in [1.807, 2.05) is 6.07 Å². The molecule has 4 rings (SSSR count). The minimum absolute atomic E-state index is 0.0175. The van der Waals surface area contributed by atoms with Gasteiger partial charge in [-0.1, -0.05) is 115 Å². The molecule has 15 heteroatoms. The van der Waals surface area contributed by atoms with Crippen LogP contribution in [0.2, 0.25) is 0 Å². The average Bonchev–Trinajstić information content (AvgIpc) is 3.75. The fourth-order valence-corrected chi connectivity index (χ4v) is 7.71. The molecule has 3 heterocycles. The molecule has 0 spiro atoms. The number of phosphoric acid groups is 1. The third kappa shape index (κ3) is 13.3. The molecule has 0 radical (unpaired) electrons. The Morgan fingerprint density at radius 1 is 0.893 bits per heavy atom. The third-order valence-corrected chi connectivity index (χ3v) is 11.1. The molecule has 1 aliphatic heterocycles. The van der Waals surface area contributed by atoms with Gasteiger partial charge in [0.15, 0.2) is 0 Å². The fraction of sp³-hybridized carbons (Fsp3) is 0.634. The van der Waals surface area contributed by atoms with E-state index in [-0.39, 0.29) is 23.6 Å². The molecule has 6 atom stereocenters. The van der Waals surface area contributed by atoms with Crippen LogP contribution in [0.15, 0.2) is 48.7 Å². The number of phosphoric ester groups is 1. The molecular formula is C41H60N5O9P. The summed E-state index contributed by atoms with van der Waals surface area (Å²) >= 11 is 0. The van der Waals surface area contributed by atoms with E-state index in [0.717, 1.165) is 19.3 Å². The maximum atomic E-state index is 13.0. The number of nitrogen functional groups attached to an aromatic ring is 1. The lowest BCUT2D eigenvalue weighted by molar-refractivity contribution is -0.0651. The van der Waals surface area contributed by atoms with Crippen molar-refractivity contribution in [3.05, 3.63) is 59.9 Å². The average molecular weight is 798 g/mol. The minimum atomic E-state index is -4.79. The van der Waals surface area contributed by atoms with Crippen LogP contribution in [0.4, 0.5) is 5.69 Å². The molecule has 56 heavy (non-hydrogen) atoms. The van der Waals surface area contributed by atoms with Gasteiger partial charge < -0.3 is 35.1 Å². The van der Waals surface area contributed by atoms with E-state index in [1.54, 1.807) is 36.4 Å². The summed E-state index contributed by atoms with van der Waals surface area (Å²) in [6.45, 7) is 1.60. The first-order valence-electron chi connectivity index (χ1n) is 20.2. The Kier molecular flexibility index (Phi) is 19.0. The van der Waals surface area contributed by atoms with Crippen molar-refractivity contribution in [1.29, 1.82) is 10.5 Å². The quantitative estimate of drug-likeness (QED) is 0.0414. The monoisotopic (exact) mass is 797 g/mol. The van der Waals surface area contributed by atoms with E-state index in [0.29, 0.717) is 17.8 Å². The highest BCUT2D eigenvalue weighted by Gasteiger charge is 2.58. The summed E-state index contributed by atoms with van der Waals surface area (Å²) in [6.07, 6.45) is 16.0. The van der Waals surface area contributed by atoms with Crippen LogP contribution in [0.25, 0.3) is 5.52 Å². The Hall–Kier alpha value is -3.56. The molecule has 3 aromatic rings. The van der Waals surface area contributed by atoms with Gasteiger partial charge in [-0.3, -0.25) is 9.05 Å². The van der Waals surface area contributed by atoms with Gasteiger partial charge in [-0.05, 0) is 36.8 Å². The lowest BCUT2D eigenvalue weighted by Crippen LogP contribution is -2.41. The van der Waals surface area contributed by atoms with Crippen LogP contribution in [0.1, 0.15) is 121 Å². The molecule has 1 saturated heterocycles. The van der Waals surface area contributed by atoms with Crippen molar-refractivity contribution >= 4 is 19.0 Å². The Bertz CT molecular complexity index is 1750. The molecule has 0 aliphatic carbocycles. The number of anilines is 1. The second-order valence-corrected chi connectivity index (χ2v) is 16.0. The number of aromatic nitrogens is 2. The first kappa shape index (κ1) is 45.1. The van der Waals surface area contributed by atoms with Crippen LogP contribution in [-0.4, -0.2) is 75.6 Å². The largest absolute Gasteiger partial charge is 0.484 e. The van der Waals surface area contributed by atoms with Crippen molar-refractivity contribution in [3.63, 3.8) is 0 Å². The maximum Gasteiger partial charge on any atom is 0.472 e. The smallest absolute Gasteiger partial charge is 0.472 e. The Morgan fingerprint density at radius 3 is 2.14 bits per heavy atom. The highest BCUT2D eigenvalue weighted by atomic mass is 31.2. The summed E-state index contributed by atoms with van der Waals surface area (Å²) in [5.74, 6) is 0.266. The van der Waals surface area contributed by atoms with Gasteiger partial charge in [-0.15, -0.1) is 0 Å². The van der Waals surface area contributed by atoms with Gasteiger partial charge in [-0.25, -0.2) is 9.08 Å². The number of nitrogens with two attached hydrogens (primary N) is 1. The normalized spacial score (nSPS) is 21.1. The number of benzene rings is 1. The number of aliphatic hydroxyl groups excluding tert-OH is 2. The number of unbranched alkanes of at least 4 members (excludes halogenated alkanes) is 15. The van der Waals surface area contributed by atoms with E-state index in [9.17, 15) is 30.2 Å². The number of nitriles is 2. The van der Waals surface area contributed by atoms with Crippen LogP contribution >= 0.6 is 7.82 Å². The number of hydrogen-bond acceptors (Lipinski definition) is 12. The van der Waals surface area contributed by atoms with Gasteiger partial charge in [-0.2, -0.15) is 15.6 Å². The van der Waals surface area contributed by atoms with Gasteiger partial charge >= 0.3 is 7.82 Å². The number of rotatable bonds is 28. The molecule has 0 bridgehead atoms. The summed E-state index contributed by atoms with van der Waals surface area (Å²) < 4.78 is 42.5. The zero-order valence-electron chi connectivity index (χ0n) is 32.7. The van der Waals surface area contributed by atoms with Crippen molar-refractivity contribution in [3.8, 4) is 17.9 Å². The van der Waals surface area contributed by atoms with E-state index in [1.165, 1.54) is 100 Å². The Balaban J connectivity index is 1.19. The Morgan fingerprint density at radius 2 is 1.52 bits per heavy atom. The summed E-state index contributed by atoms with van der Waals surface area (Å²) in [4.78, 5) is 10.6. The topological polar surface area (TPSA) is 215 Å². The van der Waals surface area contributed by atoms with E-state index in [4.69, 9.17) is 29.0 Å². The van der Waals surface area contributed by atoms with Crippen LogP contribution in [0, 0.1) is 22.7 Å². The van der Waals surface area contributed by atoms with E-state index in [2.05, 4.69) is 18.1 Å². The van der Waals surface area contributed by atoms with Crippen LogP contribution < -0.4 is 10.5 Å².